The van der Waals surface area contributed by atoms with E-state index in [1.165, 1.54) is 0 Å². The standard InChI is InChI=1S/C13H18N2O2/c1-9(16)8-15(3)13-6-11(7-14)4-5-12(13)10(2)17/h4-6,9-10,16-17H,8H2,1-3H3/t9?,10-/m1/s1. The van der Waals surface area contributed by atoms with Crippen molar-refractivity contribution in [3.8, 4) is 6.07 Å². The van der Waals surface area contributed by atoms with Crippen molar-refractivity contribution < 1.29 is 10.2 Å². The lowest BCUT2D eigenvalue weighted by molar-refractivity contribution is 0.195. The van der Waals surface area contributed by atoms with Crippen LogP contribution in [0.2, 0.25) is 0 Å². The second-order valence-electron chi connectivity index (χ2n) is 4.29. The fourth-order valence-corrected chi connectivity index (χ4v) is 1.79. The number of nitriles is 1. The monoisotopic (exact) mass is 234 g/mol. The van der Waals surface area contributed by atoms with Crippen molar-refractivity contribution in [1.82, 2.24) is 0 Å². The summed E-state index contributed by atoms with van der Waals surface area (Å²) in [6.07, 6.45) is -1.07. The Balaban J connectivity index is 3.13. The molecule has 0 saturated heterocycles. The summed E-state index contributed by atoms with van der Waals surface area (Å²) < 4.78 is 0. The molecule has 1 aromatic rings. The molecule has 92 valence electrons. The van der Waals surface area contributed by atoms with Gasteiger partial charge in [-0.1, -0.05) is 6.07 Å². The molecule has 2 atom stereocenters. The van der Waals surface area contributed by atoms with Gasteiger partial charge in [-0.15, -0.1) is 0 Å². The first kappa shape index (κ1) is 13.5. The minimum atomic E-state index is -0.603. The number of benzene rings is 1. The highest BCUT2D eigenvalue weighted by molar-refractivity contribution is 5.58. The van der Waals surface area contributed by atoms with Crippen LogP contribution in [-0.2, 0) is 0 Å². The summed E-state index contributed by atoms with van der Waals surface area (Å²) >= 11 is 0. The van der Waals surface area contributed by atoms with Crippen molar-refractivity contribution in [3.63, 3.8) is 0 Å². The Kier molecular flexibility index (Phi) is 4.50. The summed E-state index contributed by atoms with van der Waals surface area (Å²) in [5.41, 5.74) is 2.08. The third-order valence-electron chi connectivity index (χ3n) is 2.56. The molecule has 0 amide bonds. The van der Waals surface area contributed by atoms with Crippen molar-refractivity contribution in [2.75, 3.05) is 18.5 Å². The molecule has 4 nitrogen and oxygen atoms in total. The minimum Gasteiger partial charge on any atom is -0.392 e. The highest BCUT2D eigenvalue weighted by Crippen LogP contribution is 2.26. The van der Waals surface area contributed by atoms with Gasteiger partial charge in [-0.05, 0) is 26.0 Å². The molecular weight excluding hydrogens is 216 g/mol. The number of likely N-dealkylation sites (N-methyl/N-ethyl adjacent to an activating group) is 1. The molecule has 0 spiro atoms. The van der Waals surface area contributed by atoms with Crippen molar-refractivity contribution in [2.45, 2.75) is 26.1 Å². The Labute approximate surface area is 102 Å². The number of nitrogens with zero attached hydrogens (tertiary/aromatic N) is 2. The molecule has 2 N–H and O–H groups in total. The Morgan fingerprint density at radius 1 is 1.35 bits per heavy atom. The van der Waals surface area contributed by atoms with E-state index >= 15 is 0 Å². The molecule has 0 heterocycles. The van der Waals surface area contributed by atoms with E-state index in [4.69, 9.17) is 5.26 Å². The fraction of sp³-hybridized carbons (Fsp3) is 0.462. The maximum Gasteiger partial charge on any atom is 0.0992 e. The molecule has 1 unspecified atom stereocenters. The number of hydrogen-bond donors (Lipinski definition) is 2. The molecule has 17 heavy (non-hydrogen) atoms. The molecule has 0 aliphatic rings. The lowest BCUT2D eigenvalue weighted by Crippen LogP contribution is -2.28. The van der Waals surface area contributed by atoms with Gasteiger partial charge in [0.25, 0.3) is 0 Å². The minimum absolute atomic E-state index is 0.453. The zero-order chi connectivity index (χ0) is 13.0. The van der Waals surface area contributed by atoms with Gasteiger partial charge < -0.3 is 15.1 Å². The van der Waals surface area contributed by atoms with Crippen LogP contribution in [0, 0.1) is 11.3 Å². The van der Waals surface area contributed by atoms with Crippen LogP contribution in [0.5, 0.6) is 0 Å². The molecule has 0 aliphatic heterocycles. The van der Waals surface area contributed by atoms with Crippen molar-refractivity contribution in [3.05, 3.63) is 29.3 Å². The summed E-state index contributed by atoms with van der Waals surface area (Å²) in [7, 11) is 1.83. The van der Waals surface area contributed by atoms with Crippen LogP contribution in [0.3, 0.4) is 0 Å². The number of anilines is 1. The first-order valence-electron chi connectivity index (χ1n) is 5.57. The number of hydrogen-bond acceptors (Lipinski definition) is 4. The summed E-state index contributed by atoms with van der Waals surface area (Å²) in [5, 5.41) is 27.9. The molecule has 0 aliphatic carbocycles. The van der Waals surface area contributed by atoms with Crippen molar-refractivity contribution in [2.24, 2.45) is 0 Å². The first-order valence-corrected chi connectivity index (χ1v) is 5.57. The van der Waals surface area contributed by atoms with E-state index in [0.29, 0.717) is 12.1 Å². The molecule has 0 bridgehead atoms. The van der Waals surface area contributed by atoms with E-state index in [9.17, 15) is 10.2 Å². The highest BCUT2D eigenvalue weighted by Gasteiger charge is 2.13. The fourth-order valence-electron chi connectivity index (χ4n) is 1.79. The molecular formula is C13H18N2O2. The van der Waals surface area contributed by atoms with Crippen molar-refractivity contribution >= 4 is 5.69 Å². The lowest BCUT2D eigenvalue weighted by atomic mass is 10.0. The lowest BCUT2D eigenvalue weighted by Gasteiger charge is -2.25. The first-order chi connectivity index (χ1) is 7.95. The Bertz CT molecular complexity index is 422. The normalized spacial score (nSPS) is 13.9. The Hall–Kier alpha value is -1.57. The summed E-state index contributed by atoms with van der Waals surface area (Å²) in [5.74, 6) is 0. The quantitative estimate of drug-likeness (QED) is 0.827. The van der Waals surface area contributed by atoms with Gasteiger partial charge in [0.05, 0.1) is 23.8 Å². The number of aliphatic hydroxyl groups is 2. The van der Waals surface area contributed by atoms with Gasteiger partial charge in [0.1, 0.15) is 0 Å². The van der Waals surface area contributed by atoms with Crippen LogP contribution in [-0.4, -0.2) is 29.9 Å². The third kappa shape index (κ3) is 3.45. The number of aliphatic hydroxyl groups excluding tert-OH is 2. The summed E-state index contributed by atoms with van der Waals surface area (Å²) in [6.45, 7) is 3.84. The van der Waals surface area contributed by atoms with Gasteiger partial charge in [0.2, 0.25) is 0 Å². The predicted octanol–water partition coefficient (Wildman–Crippen LogP) is 1.43. The molecule has 0 aromatic heterocycles. The molecule has 0 radical (unpaired) electrons. The average molecular weight is 234 g/mol. The van der Waals surface area contributed by atoms with Gasteiger partial charge >= 0.3 is 0 Å². The van der Waals surface area contributed by atoms with Crippen LogP contribution in [0.1, 0.15) is 31.1 Å². The van der Waals surface area contributed by atoms with E-state index in [1.54, 1.807) is 32.0 Å². The van der Waals surface area contributed by atoms with Gasteiger partial charge in [0.15, 0.2) is 0 Å². The van der Waals surface area contributed by atoms with Crippen LogP contribution in [0.4, 0.5) is 5.69 Å². The zero-order valence-electron chi connectivity index (χ0n) is 10.4. The molecule has 0 saturated carbocycles. The van der Waals surface area contributed by atoms with Crippen LogP contribution >= 0.6 is 0 Å². The second-order valence-corrected chi connectivity index (χ2v) is 4.29. The van der Waals surface area contributed by atoms with Gasteiger partial charge in [-0.25, -0.2) is 0 Å². The number of rotatable bonds is 4. The van der Waals surface area contributed by atoms with E-state index in [0.717, 1.165) is 11.3 Å². The van der Waals surface area contributed by atoms with E-state index in [1.807, 2.05) is 11.9 Å². The third-order valence-corrected chi connectivity index (χ3v) is 2.56. The van der Waals surface area contributed by atoms with Gasteiger partial charge in [-0.2, -0.15) is 5.26 Å². The van der Waals surface area contributed by atoms with Gasteiger partial charge in [-0.3, -0.25) is 0 Å². The van der Waals surface area contributed by atoms with E-state index in [-0.39, 0.29) is 0 Å². The van der Waals surface area contributed by atoms with E-state index in [2.05, 4.69) is 6.07 Å². The molecule has 1 aromatic carbocycles. The molecule has 1 rings (SSSR count). The average Bonchev–Trinajstić information content (AvgIpc) is 2.27. The molecule has 4 heteroatoms. The smallest absolute Gasteiger partial charge is 0.0992 e. The SMILES string of the molecule is CC(O)CN(C)c1cc(C#N)ccc1[C@@H](C)O. The summed E-state index contributed by atoms with van der Waals surface area (Å²) in [6, 6.07) is 7.23. The second kappa shape index (κ2) is 5.67. The Morgan fingerprint density at radius 3 is 2.47 bits per heavy atom. The highest BCUT2D eigenvalue weighted by atomic mass is 16.3. The van der Waals surface area contributed by atoms with E-state index < -0.39 is 12.2 Å². The van der Waals surface area contributed by atoms with Gasteiger partial charge in [0, 0.05) is 24.8 Å². The zero-order valence-corrected chi connectivity index (χ0v) is 10.4. The topological polar surface area (TPSA) is 67.5 Å². The van der Waals surface area contributed by atoms with Crippen molar-refractivity contribution in [1.29, 1.82) is 5.26 Å². The maximum absolute atomic E-state index is 9.68. The summed E-state index contributed by atoms with van der Waals surface area (Å²) in [4.78, 5) is 1.84. The van der Waals surface area contributed by atoms with Crippen LogP contribution in [0.25, 0.3) is 0 Å². The van der Waals surface area contributed by atoms with Crippen LogP contribution < -0.4 is 4.90 Å². The maximum atomic E-state index is 9.68. The largest absolute Gasteiger partial charge is 0.392 e. The van der Waals surface area contributed by atoms with Crippen LogP contribution in [0.15, 0.2) is 18.2 Å². The molecule has 0 fully saturated rings. The Morgan fingerprint density at radius 2 is 2.00 bits per heavy atom. The predicted molar refractivity (Wildman–Crippen MR) is 66.7 cm³/mol.